The van der Waals surface area contributed by atoms with Crippen LogP contribution in [0.1, 0.15) is 17.3 Å². The molecule has 2 N–H and O–H groups in total. The Hall–Kier alpha value is -2.40. The van der Waals surface area contributed by atoms with Gasteiger partial charge in [0.1, 0.15) is 0 Å². The lowest BCUT2D eigenvalue weighted by molar-refractivity contribution is -0.112. The van der Waals surface area contributed by atoms with Crippen molar-refractivity contribution >= 4 is 23.3 Å². The number of halogens is 1. The highest BCUT2D eigenvalue weighted by Crippen LogP contribution is 2.20. The third kappa shape index (κ3) is 3.33. The van der Waals surface area contributed by atoms with Gasteiger partial charge in [-0.05, 0) is 36.8 Å². The maximum atomic E-state index is 11.8. The molecule has 1 heterocycles. The molecule has 0 saturated carbocycles. The quantitative estimate of drug-likeness (QED) is 0.658. The average Bonchev–Trinajstić information content (AvgIpc) is 2.44. The molecule has 0 spiro atoms. The number of allylic oxidation sites excluding steroid dienone is 5. The molecule has 20 heavy (non-hydrogen) atoms. The van der Waals surface area contributed by atoms with Crippen molar-refractivity contribution in [3.8, 4) is 0 Å². The van der Waals surface area contributed by atoms with Crippen LogP contribution in [-0.4, -0.2) is 16.7 Å². The first-order chi connectivity index (χ1) is 9.58. The van der Waals surface area contributed by atoms with Gasteiger partial charge in [0, 0.05) is 34.8 Å². The van der Waals surface area contributed by atoms with Crippen molar-refractivity contribution in [3.05, 3.63) is 64.6 Å². The molecule has 1 amide bonds. The highest BCUT2D eigenvalue weighted by Gasteiger charge is 2.15. The summed E-state index contributed by atoms with van der Waals surface area (Å²) in [4.78, 5) is 27.4. The summed E-state index contributed by atoms with van der Waals surface area (Å²) in [6, 6.07) is 3.17. The molecule has 1 aliphatic carbocycles. The predicted molar refractivity (Wildman–Crippen MR) is 75.6 cm³/mol. The zero-order valence-corrected chi connectivity index (χ0v) is 11.4. The number of aromatic nitrogens is 1. The van der Waals surface area contributed by atoms with Gasteiger partial charge in [-0.3, -0.25) is 20.0 Å². The van der Waals surface area contributed by atoms with Crippen molar-refractivity contribution in [2.45, 2.75) is 6.92 Å². The summed E-state index contributed by atoms with van der Waals surface area (Å²) >= 11 is 5.88. The number of ketones is 1. The summed E-state index contributed by atoms with van der Waals surface area (Å²) in [6.07, 6.45) is 7.57. The van der Waals surface area contributed by atoms with E-state index in [1.54, 1.807) is 25.1 Å². The van der Waals surface area contributed by atoms with E-state index in [9.17, 15) is 9.59 Å². The lowest BCUT2D eigenvalue weighted by atomic mass is 10.0. The molecular weight excluding hydrogens is 278 g/mol. The van der Waals surface area contributed by atoms with Gasteiger partial charge in [-0.2, -0.15) is 0 Å². The van der Waals surface area contributed by atoms with E-state index in [1.807, 2.05) is 0 Å². The van der Waals surface area contributed by atoms with Gasteiger partial charge in [-0.15, -0.1) is 0 Å². The van der Waals surface area contributed by atoms with E-state index in [-0.39, 0.29) is 11.7 Å². The molecule has 1 aromatic heterocycles. The van der Waals surface area contributed by atoms with Crippen LogP contribution in [0.5, 0.6) is 0 Å². The first-order valence-corrected chi connectivity index (χ1v) is 6.22. The second kappa shape index (κ2) is 6.16. The van der Waals surface area contributed by atoms with E-state index in [0.717, 1.165) is 0 Å². The molecule has 102 valence electrons. The number of hydrazine groups is 1. The summed E-state index contributed by atoms with van der Waals surface area (Å²) in [5.74, 6) is -0.463. The van der Waals surface area contributed by atoms with Gasteiger partial charge in [-0.1, -0.05) is 11.6 Å². The van der Waals surface area contributed by atoms with Gasteiger partial charge in [0.25, 0.3) is 5.91 Å². The van der Waals surface area contributed by atoms with E-state index in [1.165, 1.54) is 24.7 Å². The Kier molecular flexibility index (Phi) is 4.32. The van der Waals surface area contributed by atoms with Crippen molar-refractivity contribution in [1.29, 1.82) is 0 Å². The third-order valence-corrected chi connectivity index (χ3v) is 2.84. The van der Waals surface area contributed by atoms with Crippen molar-refractivity contribution < 1.29 is 9.59 Å². The van der Waals surface area contributed by atoms with E-state index in [2.05, 4.69) is 15.8 Å². The Morgan fingerprint density at radius 2 is 2.00 bits per heavy atom. The summed E-state index contributed by atoms with van der Waals surface area (Å²) in [5.41, 5.74) is 6.44. The van der Waals surface area contributed by atoms with Crippen LogP contribution >= 0.6 is 11.6 Å². The molecule has 1 aliphatic rings. The molecule has 0 bridgehead atoms. The molecule has 0 radical (unpaired) electrons. The van der Waals surface area contributed by atoms with E-state index < -0.39 is 0 Å². The molecule has 0 unspecified atom stereocenters. The minimum atomic E-state index is -0.324. The van der Waals surface area contributed by atoms with E-state index >= 15 is 0 Å². The monoisotopic (exact) mass is 289 g/mol. The number of hydrogen-bond donors (Lipinski definition) is 2. The number of pyridine rings is 1. The second-order valence-corrected chi connectivity index (χ2v) is 4.56. The van der Waals surface area contributed by atoms with E-state index in [0.29, 0.717) is 21.7 Å². The molecule has 5 nitrogen and oxygen atoms in total. The van der Waals surface area contributed by atoms with Crippen LogP contribution in [0.4, 0.5) is 0 Å². The van der Waals surface area contributed by atoms with Crippen molar-refractivity contribution in [2.75, 3.05) is 0 Å². The molecule has 1 aromatic rings. The van der Waals surface area contributed by atoms with Crippen LogP contribution in [0.25, 0.3) is 0 Å². The number of carbonyl (C=O) groups excluding carboxylic acids is 2. The Morgan fingerprint density at radius 1 is 1.30 bits per heavy atom. The number of nitrogens with one attached hydrogen (secondary N) is 2. The van der Waals surface area contributed by atoms with E-state index in [4.69, 9.17) is 11.6 Å². The molecule has 6 heteroatoms. The minimum absolute atomic E-state index is 0.139. The summed E-state index contributed by atoms with van der Waals surface area (Å²) in [6.45, 7) is 1.68. The Balaban J connectivity index is 1.99. The Labute approximate surface area is 121 Å². The van der Waals surface area contributed by atoms with Gasteiger partial charge in [0.2, 0.25) is 0 Å². The van der Waals surface area contributed by atoms with Gasteiger partial charge >= 0.3 is 0 Å². The SMILES string of the molecule is CC1=CC(Cl)=C/C(=C\NNC(=O)c2ccncc2)C1=O. The van der Waals surface area contributed by atoms with Crippen LogP contribution in [0.2, 0.25) is 0 Å². The molecule has 0 aliphatic heterocycles. The van der Waals surface area contributed by atoms with Crippen LogP contribution < -0.4 is 10.9 Å². The number of rotatable bonds is 3. The molecule has 0 fully saturated rings. The van der Waals surface area contributed by atoms with Crippen LogP contribution in [0.3, 0.4) is 0 Å². The standard InChI is InChI=1S/C14H12ClN3O2/c1-9-6-12(15)7-11(13(9)19)8-17-18-14(20)10-2-4-16-5-3-10/h2-8,17H,1H3,(H,18,20)/b11-8+. The van der Waals surface area contributed by atoms with Crippen LogP contribution in [-0.2, 0) is 4.79 Å². The maximum Gasteiger partial charge on any atom is 0.269 e. The lowest BCUT2D eigenvalue weighted by Crippen LogP contribution is -2.34. The predicted octanol–water partition coefficient (Wildman–Crippen LogP) is 1.85. The third-order valence-electron chi connectivity index (χ3n) is 2.62. The topological polar surface area (TPSA) is 71.1 Å². The number of hydrogen-bond acceptors (Lipinski definition) is 4. The van der Waals surface area contributed by atoms with Gasteiger partial charge in [0.15, 0.2) is 5.78 Å². The number of amides is 1. The fourth-order valence-electron chi connectivity index (χ4n) is 1.62. The van der Waals surface area contributed by atoms with Crippen LogP contribution in [0.15, 0.2) is 59.1 Å². The summed E-state index contributed by atoms with van der Waals surface area (Å²) in [5, 5.41) is 0.468. The first-order valence-electron chi connectivity index (χ1n) is 5.84. The number of carbonyl (C=O) groups is 2. The number of Topliss-reactive ketones (excluding diaryl/α,β-unsaturated/α-hetero) is 1. The summed E-state index contributed by atoms with van der Waals surface area (Å²) in [7, 11) is 0. The fraction of sp³-hybridized carbons (Fsp3) is 0.0714. The van der Waals surface area contributed by atoms with Gasteiger partial charge in [0.05, 0.1) is 0 Å². The zero-order valence-electron chi connectivity index (χ0n) is 10.7. The second-order valence-electron chi connectivity index (χ2n) is 4.12. The first kappa shape index (κ1) is 14.0. The largest absolute Gasteiger partial charge is 0.305 e. The normalized spacial score (nSPS) is 16.5. The average molecular weight is 290 g/mol. The van der Waals surface area contributed by atoms with Crippen molar-refractivity contribution in [1.82, 2.24) is 15.8 Å². The summed E-state index contributed by atoms with van der Waals surface area (Å²) < 4.78 is 0. The smallest absolute Gasteiger partial charge is 0.269 e. The Morgan fingerprint density at radius 3 is 2.70 bits per heavy atom. The molecule has 2 rings (SSSR count). The molecule has 0 aromatic carbocycles. The van der Waals surface area contributed by atoms with Gasteiger partial charge in [-0.25, -0.2) is 0 Å². The lowest BCUT2D eigenvalue weighted by Gasteiger charge is -2.10. The Bertz CT molecular complexity index is 633. The van der Waals surface area contributed by atoms with Crippen molar-refractivity contribution in [2.24, 2.45) is 0 Å². The highest BCUT2D eigenvalue weighted by atomic mass is 35.5. The van der Waals surface area contributed by atoms with Gasteiger partial charge < -0.3 is 5.43 Å². The van der Waals surface area contributed by atoms with Crippen LogP contribution in [0, 0.1) is 0 Å². The minimum Gasteiger partial charge on any atom is -0.305 e. The maximum absolute atomic E-state index is 11.8. The van der Waals surface area contributed by atoms with Crippen molar-refractivity contribution in [3.63, 3.8) is 0 Å². The molecule has 0 saturated heterocycles. The highest BCUT2D eigenvalue weighted by molar-refractivity contribution is 6.33. The zero-order chi connectivity index (χ0) is 14.5. The number of nitrogens with zero attached hydrogens (tertiary/aromatic N) is 1. The molecule has 0 atom stereocenters. The molecular formula is C14H12ClN3O2. The fourth-order valence-corrected chi connectivity index (χ4v) is 1.90.